The van der Waals surface area contributed by atoms with Gasteiger partial charge >= 0.3 is 12.1 Å². The number of unbranched alkanes of at least 4 members (excludes halogenated alkanes) is 1. The number of aryl methyl sites for hydroxylation is 3. The molecule has 0 bridgehead atoms. The number of aliphatic carboxylic acids is 1. The van der Waals surface area contributed by atoms with E-state index < -0.39 is 17.7 Å². The molecule has 0 amide bonds. The van der Waals surface area contributed by atoms with E-state index in [4.69, 9.17) is 24.5 Å². The number of anilines is 2. The predicted octanol–water partition coefficient (Wildman–Crippen LogP) is 8.89. The van der Waals surface area contributed by atoms with Gasteiger partial charge < -0.3 is 24.4 Å². The van der Waals surface area contributed by atoms with Gasteiger partial charge in [0.2, 0.25) is 5.95 Å². The van der Waals surface area contributed by atoms with Crippen LogP contribution in [0.25, 0.3) is 11.1 Å². The summed E-state index contributed by atoms with van der Waals surface area (Å²) in [4.78, 5) is 24.6. The van der Waals surface area contributed by atoms with Crippen LogP contribution in [0.1, 0.15) is 78.0 Å². The lowest BCUT2D eigenvalue weighted by molar-refractivity contribution is -0.138. The molecule has 4 aromatic rings. The van der Waals surface area contributed by atoms with Crippen LogP contribution in [-0.4, -0.2) is 54.0 Å². The number of carbonyl (C=O) groups is 1. The highest BCUT2D eigenvalue weighted by Gasteiger charge is 2.31. The zero-order valence-electron chi connectivity index (χ0n) is 30.0. The smallest absolute Gasteiger partial charge is 0.416 e. The maximum Gasteiger partial charge on any atom is 0.416 e. The molecule has 5 rings (SSSR count). The van der Waals surface area contributed by atoms with E-state index in [-0.39, 0.29) is 13.0 Å². The molecule has 8 nitrogen and oxygen atoms in total. The number of carboxylic acids is 1. The number of alkyl halides is 3. The Hall–Kier alpha value is -4.64. The van der Waals surface area contributed by atoms with Crippen molar-refractivity contribution in [1.82, 2.24) is 9.97 Å². The number of rotatable bonds is 14. The molecule has 0 spiro atoms. The minimum Gasteiger partial charge on any atom is -0.493 e. The Morgan fingerprint density at radius 2 is 1.67 bits per heavy atom. The van der Waals surface area contributed by atoms with Crippen LogP contribution in [0.5, 0.6) is 5.75 Å². The van der Waals surface area contributed by atoms with Crippen molar-refractivity contribution < 1.29 is 32.5 Å². The molecule has 1 saturated heterocycles. The average Bonchev–Trinajstić information content (AvgIpc) is 3.08. The number of ether oxygens (including phenoxy) is 2. The highest BCUT2D eigenvalue weighted by Crippen LogP contribution is 2.37. The highest BCUT2D eigenvalue weighted by atomic mass is 19.4. The molecule has 0 aliphatic carbocycles. The number of carboxylic acid groups (broad SMARTS) is 1. The Labute approximate surface area is 298 Å². The second-order valence-electron chi connectivity index (χ2n) is 13.6. The number of morpholine rings is 1. The van der Waals surface area contributed by atoms with Crippen molar-refractivity contribution in [2.75, 3.05) is 42.7 Å². The summed E-state index contributed by atoms with van der Waals surface area (Å²) in [6, 6.07) is 14.7. The molecule has 51 heavy (non-hydrogen) atoms. The lowest BCUT2D eigenvalue weighted by atomic mass is 9.90. The highest BCUT2D eigenvalue weighted by molar-refractivity contribution is 5.74. The summed E-state index contributed by atoms with van der Waals surface area (Å²) in [7, 11) is 0. The lowest BCUT2D eigenvalue weighted by Gasteiger charge is -2.29. The van der Waals surface area contributed by atoms with E-state index >= 15 is 0 Å². The van der Waals surface area contributed by atoms with Crippen molar-refractivity contribution >= 4 is 17.6 Å². The van der Waals surface area contributed by atoms with Crippen LogP contribution in [0.3, 0.4) is 0 Å². The first-order valence-electron chi connectivity index (χ1n) is 17.4. The normalized spacial score (nSPS) is 13.5. The number of aromatic nitrogens is 2. The van der Waals surface area contributed by atoms with Crippen LogP contribution >= 0.6 is 0 Å². The van der Waals surface area contributed by atoms with Gasteiger partial charge in [0.1, 0.15) is 5.75 Å². The molecule has 0 unspecified atom stereocenters. The van der Waals surface area contributed by atoms with Crippen LogP contribution in [0.15, 0.2) is 60.9 Å². The number of halogens is 3. The molecule has 1 aromatic heterocycles. The molecule has 3 aromatic carbocycles. The largest absolute Gasteiger partial charge is 0.493 e. The fraction of sp³-hybridized carbons (Fsp3) is 0.425. The van der Waals surface area contributed by atoms with Crippen LogP contribution in [0.2, 0.25) is 0 Å². The molecule has 272 valence electrons. The molecule has 0 atom stereocenters. The third-order valence-electron chi connectivity index (χ3n) is 9.14. The number of hydrogen-bond donors (Lipinski definition) is 1. The van der Waals surface area contributed by atoms with Crippen molar-refractivity contribution in [3.05, 3.63) is 99.9 Å². The van der Waals surface area contributed by atoms with Gasteiger partial charge in [-0.15, -0.1) is 0 Å². The summed E-state index contributed by atoms with van der Waals surface area (Å²) in [5.41, 5.74) is 7.25. The summed E-state index contributed by atoms with van der Waals surface area (Å²) in [6.45, 7) is 13.5. The Morgan fingerprint density at radius 3 is 2.33 bits per heavy atom. The molecular weight excluding hydrogens is 657 g/mol. The second kappa shape index (κ2) is 16.6. The Morgan fingerprint density at radius 1 is 0.941 bits per heavy atom. The van der Waals surface area contributed by atoms with E-state index in [2.05, 4.69) is 49.9 Å². The fourth-order valence-electron chi connectivity index (χ4n) is 6.34. The number of hydrogen-bond acceptors (Lipinski definition) is 7. The standard InChI is InChI=1S/C40H47F3N4O4/c1-26(2)31-10-9-28(4)35(20-31)36-21-37(51-13-7-6-8-38(48)49)29(5)18-32(36)25-47(24-30-16-27(3)17-33(19-30)40(41,42)43)39-44-22-34(23-45-39)46-11-14-50-15-12-46/h9-10,16-23,26H,6-8,11-15,24-25H2,1-5H3,(H,48,49). The van der Waals surface area contributed by atoms with Crippen molar-refractivity contribution in [3.8, 4) is 16.9 Å². The molecule has 0 saturated carbocycles. The summed E-state index contributed by atoms with van der Waals surface area (Å²) in [5.74, 6) is 0.562. The second-order valence-corrected chi connectivity index (χ2v) is 13.6. The van der Waals surface area contributed by atoms with Gasteiger partial charge in [0.05, 0.1) is 43.5 Å². The molecule has 1 N–H and O–H groups in total. The topological polar surface area (TPSA) is 88.0 Å². The Kier molecular flexibility index (Phi) is 12.2. The first-order chi connectivity index (χ1) is 24.3. The van der Waals surface area contributed by atoms with Gasteiger partial charge in [-0.3, -0.25) is 4.79 Å². The first kappa shape index (κ1) is 37.6. The molecule has 1 aliphatic heterocycles. The maximum absolute atomic E-state index is 13.9. The molecular formula is C40H47F3N4O4. The third kappa shape index (κ3) is 10.00. The van der Waals surface area contributed by atoms with Crippen molar-refractivity contribution in [3.63, 3.8) is 0 Å². The molecule has 0 radical (unpaired) electrons. The van der Waals surface area contributed by atoms with E-state index in [1.54, 1.807) is 25.4 Å². The summed E-state index contributed by atoms with van der Waals surface area (Å²) in [6.07, 6.45) is 0.262. The number of nitrogens with zero attached hydrogens (tertiary/aromatic N) is 4. The van der Waals surface area contributed by atoms with Crippen LogP contribution in [0.4, 0.5) is 24.8 Å². The van der Waals surface area contributed by atoms with E-state index in [0.717, 1.165) is 52.7 Å². The van der Waals surface area contributed by atoms with E-state index in [1.165, 1.54) is 11.6 Å². The summed E-state index contributed by atoms with van der Waals surface area (Å²) < 4.78 is 53.4. The molecule has 1 fully saturated rings. The predicted molar refractivity (Wildman–Crippen MR) is 194 cm³/mol. The van der Waals surface area contributed by atoms with Gasteiger partial charge in [-0.25, -0.2) is 9.97 Å². The van der Waals surface area contributed by atoms with E-state index in [0.29, 0.717) is 67.9 Å². The van der Waals surface area contributed by atoms with Gasteiger partial charge in [0, 0.05) is 32.6 Å². The van der Waals surface area contributed by atoms with Crippen molar-refractivity contribution in [1.29, 1.82) is 0 Å². The third-order valence-corrected chi connectivity index (χ3v) is 9.14. The quantitative estimate of drug-likeness (QED) is 0.130. The van der Waals surface area contributed by atoms with Crippen LogP contribution in [-0.2, 0) is 28.8 Å². The first-order valence-corrected chi connectivity index (χ1v) is 17.4. The zero-order chi connectivity index (χ0) is 36.7. The molecule has 11 heteroatoms. The summed E-state index contributed by atoms with van der Waals surface area (Å²) >= 11 is 0. The monoisotopic (exact) mass is 704 g/mol. The van der Waals surface area contributed by atoms with Crippen molar-refractivity contribution in [2.45, 2.75) is 79.1 Å². The maximum atomic E-state index is 13.9. The Bertz CT molecular complexity index is 1810. The zero-order valence-corrected chi connectivity index (χ0v) is 30.0. The minimum absolute atomic E-state index is 0.0878. The van der Waals surface area contributed by atoms with Gasteiger partial charge in [0.25, 0.3) is 0 Å². The van der Waals surface area contributed by atoms with Gasteiger partial charge in [0.15, 0.2) is 0 Å². The molecule has 1 aliphatic rings. The average molecular weight is 705 g/mol. The number of benzene rings is 3. The van der Waals surface area contributed by atoms with E-state index in [1.807, 2.05) is 17.9 Å². The van der Waals surface area contributed by atoms with Crippen LogP contribution < -0.4 is 14.5 Å². The van der Waals surface area contributed by atoms with Gasteiger partial charge in [-0.2, -0.15) is 13.2 Å². The van der Waals surface area contributed by atoms with Gasteiger partial charge in [-0.05, 0) is 103 Å². The van der Waals surface area contributed by atoms with E-state index in [9.17, 15) is 18.0 Å². The fourth-order valence-corrected chi connectivity index (χ4v) is 6.34. The Balaban J connectivity index is 1.57. The van der Waals surface area contributed by atoms with Gasteiger partial charge in [-0.1, -0.05) is 43.7 Å². The summed E-state index contributed by atoms with van der Waals surface area (Å²) in [5, 5.41) is 9.03. The SMILES string of the molecule is Cc1cc(CN(Cc2cc(C)c(OCCCCC(=O)O)cc2-c2cc(C(C)C)ccc2C)c2ncc(N3CCOCC3)cn2)cc(C(F)(F)F)c1. The van der Waals surface area contributed by atoms with Crippen LogP contribution in [0, 0.1) is 20.8 Å². The minimum atomic E-state index is -4.48. The lowest BCUT2D eigenvalue weighted by Crippen LogP contribution is -2.36. The molecule has 2 heterocycles. The van der Waals surface area contributed by atoms with Crippen molar-refractivity contribution in [2.24, 2.45) is 0 Å².